The summed E-state index contributed by atoms with van der Waals surface area (Å²) in [6.45, 7) is 4.53. The maximum Gasteiger partial charge on any atom is 0.229 e. The number of anilines is 1. The minimum atomic E-state index is 0.594. The van der Waals surface area contributed by atoms with Gasteiger partial charge in [-0.2, -0.15) is 0 Å². The SMILES string of the molecule is CCOc1ccccc1-c1nc(N2CCCCC2)c2oc3ncccc3c2n1. The largest absolute Gasteiger partial charge is 0.493 e. The van der Waals surface area contributed by atoms with Crippen LogP contribution in [0.1, 0.15) is 26.2 Å². The Hall–Kier alpha value is -3.15. The Morgan fingerprint density at radius 3 is 2.75 bits per heavy atom. The molecule has 6 heteroatoms. The number of piperidine rings is 1. The van der Waals surface area contributed by atoms with Gasteiger partial charge in [-0.3, -0.25) is 0 Å². The van der Waals surface area contributed by atoms with E-state index in [1.165, 1.54) is 6.42 Å². The van der Waals surface area contributed by atoms with Gasteiger partial charge in [-0.05, 0) is 50.5 Å². The fourth-order valence-electron chi connectivity index (χ4n) is 3.84. The molecule has 0 saturated carbocycles. The lowest BCUT2D eigenvalue weighted by Crippen LogP contribution is -2.30. The van der Waals surface area contributed by atoms with Gasteiger partial charge in [0.05, 0.1) is 17.6 Å². The van der Waals surface area contributed by atoms with Crippen LogP contribution >= 0.6 is 0 Å². The third-order valence-electron chi connectivity index (χ3n) is 5.16. The third kappa shape index (κ3) is 2.85. The van der Waals surface area contributed by atoms with Gasteiger partial charge in [-0.25, -0.2) is 15.0 Å². The molecule has 5 rings (SSSR count). The van der Waals surface area contributed by atoms with Crippen molar-refractivity contribution in [2.24, 2.45) is 0 Å². The number of hydrogen-bond acceptors (Lipinski definition) is 6. The molecule has 0 atom stereocenters. The van der Waals surface area contributed by atoms with E-state index in [2.05, 4.69) is 9.88 Å². The van der Waals surface area contributed by atoms with Crippen molar-refractivity contribution in [2.75, 3.05) is 24.6 Å². The van der Waals surface area contributed by atoms with Gasteiger partial charge in [0.1, 0.15) is 11.3 Å². The van der Waals surface area contributed by atoms with E-state index in [4.69, 9.17) is 19.1 Å². The zero-order valence-corrected chi connectivity index (χ0v) is 15.9. The second-order valence-corrected chi connectivity index (χ2v) is 6.98. The zero-order valence-electron chi connectivity index (χ0n) is 15.9. The summed E-state index contributed by atoms with van der Waals surface area (Å²) in [6.07, 6.45) is 5.32. The average Bonchev–Trinajstić information content (AvgIpc) is 3.13. The van der Waals surface area contributed by atoms with Gasteiger partial charge in [-0.1, -0.05) is 12.1 Å². The maximum atomic E-state index is 6.10. The minimum absolute atomic E-state index is 0.594. The van der Waals surface area contributed by atoms with Gasteiger partial charge in [0.25, 0.3) is 0 Å². The van der Waals surface area contributed by atoms with Crippen LogP contribution in [0.3, 0.4) is 0 Å². The summed E-state index contributed by atoms with van der Waals surface area (Å²) in [7, 11) is 0. The normalized spacial score (nSPS) is 14.7. The second-order valence-electron chi connectivity index (χ2n) is 6.98. The molecule has 4 aromatic rings. The number of aromatic nitrogens is 3. The van der Waals surface area contributed by atoms with E-state index in [1.54, 1.807) is 6.20 Å². The molecule has 4 heterocycles. The molecule has 3 aromatic heterocycles. The van der Waals surface area contributed by atoms with Crippen LogP contribution in [0.2, 0.25) is 0 Å². The molecule has 142 valence electrons. The molecular formula is C22H22N4O2. The second kappa shape index (κ2) is 7.11. The molecule has 0 aliphatic carbocycles. The number of hydrogen-bond donors (Lipinski definition) is 0. The molecule has 6 nitrogen and oxygen atoms in total. The molecule has 1 fully saturated rings. The minimum Gasteiger partial charge on any atom is -0.493 e. The van der Waals surface area contributed by atoms with E-state index in [0.717, 1.165) is 54.0 Å². The number of furan rings is 1. The number of ether oxygens (including phenoxy) is 1. The van der Waals surface area contributed by atoms with Gasteiger partial charge in [-0.15, -0.1) is 0 Å². The highest BCUT2D eigenvalue weighted by Gasteiger charge is 2.23. The predicted octanol–water partition coefficient (Wildman–Crippen LogP) is 4.83. The lowest BCUT2D eigenvalue weighted by atomic mass is 10.1. The standard InChI is InChI=1S/C22H22N4O2/c1-2-27-17-11-5-4-9-15(17)20-24-18-16-10-8-12-23-22(16)28-19(18)21(25-20)26-13-6-3-7-14-26/h4-5,8-12H,2-3,6-7,13-14H2,1H3. The van der Waals surface area contributed by atoms with Crippen molar-refractivity contribution in [3.63, 3.8) is 0 Å². The summed E-state index contributed by atoms with van der Waals surface area (Å²) >= 11 is 0. The topological polar surface area (TPSA) is 64.3 Å². The highest BCUT2D eigenvalue weighted by molar-refractivity contribution is 6.05. The Balaban J connectivity index is 1.77. The van der Waals surface area contributed by atoms with E-state index >= 15 is 0 Å². The summed E-state index contributed by atoms with van der Waals surface area (Å²) in [5.41, 5.74) is 3.01. The number of pyridine rings is 1. The van der Waals surface area contributed by atoms with Gasteiger partial charge < -0.3 is 14.1 Å². The fourth-order valence-corrected chi connectivity index (χ4v) is 3.84. The third-order valence-corrected chi connectivity index (χ3v) is 5.16. The average molecular weight is 374 g/mol. The van der Waals surface area contributed by atoms with E-state index < -0.39 is 0 Å². The summed E-state index contributed by atoms with van der Waals surface area (Å²) in [6, 6.07) is 11.8. The van der Waals surface area contributed by atoms with Crippen LogP contribution in [0.25, 0.3) is 33.6 Å². The van der Waals surface area contributed by atoms with Crippen molar-refractivity contribution < 1.29 is 9.15 Å². The molecule has 1 saturated heterocycles. The first-order chi connectivity index (χ1) is 13.8. The molecule has 0 N–H and O–H groups in total. The van der Waals surface area contributed by atoms with Crippen LogP contribution in [-0.2, 0) is 0 Å². The maximum absolute atomic E-state index is 6.10. The number of benzene rings is 1. The van der Waals surface area contributed by atoms with E-state index in [0.29, 0.717) is 23.7 Å². The van der Waals surface area contributed by atoms with Crippen LogP contribution in [0.4, 0.5) is 5.82 Å². The lowest BCUT2D eigenvalue weighted by molar-refractivity contribution is 0.341. The van der Waals surface area contributed by atoms with Crippen molar-refractivity contribution in [1.29, 1.82) is 0 Å². The van der Waals surface area contributed by atoms with Crippen molar-refractivity contribution in [3.05, 3.63) is 42.6 Å². The molecule has 1 aliphatic rings. The van der Waals surface area contributed by atoms with Gasteiger partial charge in [0, 0.05) is 19.3 Å². The molecule has 0 bridgehead atoms. The van der Waals surface area contributed by atoms with E-state index in [-0.39, 0.29) is 0 Å². The van der Waals surface area contributed by atoms with E-state index in [1.807, 2.05) is 43.3 Å². The first-order valence-corrected chi connectivity index (χ1v) is 9.87. The quantitative estimate of drug-likeness (QED) is 0.510. The van der Waals surface area contributed by atoms with Crippen molar-refractivity contribution in [3.8, 4) is 17.1 Å². The van der Waals surface area contributed by atoms with Crippen LogP contribution in [-0.4, -0.2) is 34.6 Å². The van der Waals surface area contributed by atoms with Crippen molar-refractivity contribution in [2.45, 2.75) is 26.2 Å². The Morgan fingerprint density at radius 1 is 1.04 bits per heavy atom. The molecule has 0 amide bonds. The Labute approximate surface area is 163 Å². The highest BCUT2D eigenvalue weighted by atomic mass is 16.5. The summed E-state index contributed by atoms with van der Waals surface area (Å²) in [5, 5.41) is 0.910. The van der Waals surface area contributed by atoms with Crippen LogP contribution in [0.5, 0.6) is 5.75 Å². The van der Waals surface area contributed by atoms with Gasteiger partial charge in [0.2, 0.25) is 5.71 Å². The summed E-state index contributed by atoms with van der Waals surface area (Å²) in [4.78, 5) is 16.5. The molecule has 0 radical (unpaired) electrons. The molecule has 28 heavy (non-hydrogen) atoms. The van der Waals surface area contributed by atoms with Crippen LogP contribution in [0, 0.1) is 0 Å². The Morgan fingerprint density at radius 2 is 1.89 bits per heavy atom. The first-order valence-electron chi connectivity index (χ1n) is 9.87. The zero-order chi connectivity index (χ0) is 18.9. The number of fused-ring (bicyclic) bond motifs is 3. The molecule has 1 aromatic carbocycles. The Bertz CT molecular complexity index is 1130. The first kappa shape index (κ1) is 17.0. The van der Waals surface area contributed by atoms with Crippen LogP contribution in [0.15, 0.2) is 47.0 Å². The van der Waals surface area contributed by atoms with Gasteiger partial charge >= 0.3 is 0 Å². The molecule has 0 unspecified atom stereocenters. The number of nitrogens with zero attached hydrogens (tertiary/aromatic N) is 4. The van der Waals surface area contributed by atoms with Gasteiger partial charge in [0.15, 0.2) is 17.2 Å². The number of rotatable bonds is 4. The Kier molecular flexibility index (Phi) is 4.31. The smallest absolute Gasteiger partial charge is 0.229 e. The van der Waals surface area contributed by atoms with E-state index in [9.17, 15) is 0 Å². The van der Waals surface area contributed by atoms with Crippen molar-refractivity contribution in [1.82, 2.24) is 15.0 Å². The lowest BCUT2D eigenvalue weighted by Gasteiger charge is -2.27. The molecular weight excluding hydrogens is 352 g/mol. The summed E-state index contributed by atoms with van der Waals surface area (Å²) < 4.78 is 11.9. The molecule has 0 spiro atoms. The molecule has 1 aliphatic heterocycles. The predicted molar refractivity (Wildman–Crippen MR) is 110 cm³/mol. The highest BCUT2D eigenvalue weighted by Crippen LogP contribution is 2.36. The number of para-hydroxylation sites is 1. The van der Waals surface area contributed by atoms with Crippen molar-refractivity contribution >= 4 is 28.0 Å². The fraction of sp³-hybridized carbons (Fsp3) is 0.318. The summed E-state index contributed by atoms with van der Waals surface area (Å²) in [5.74, 6) is 2.30. The monoisotopic (exact) mass is 374 g/mol. The van der Waals surface area contributed by atoms with Crippen LogP contribution < -0.4 is 9.64 Å².